The van der Waals surface area contributed by atoms with Crippen LogP contribution in [-0.4, -0.2) is 16.1 Å². The Morgan fingerprint density at radius 3 is 2.69 bits per heavy atom. The molecule has 0 saturated heterocycles. The molecule has 0 aromatic carbocycles. The molecule has 0 amide bonds. The Labute approximate surface area is 102 Å². The van der Waals surface area contributed by atoms with Crippen molar-refractivity contribution < 1.29 is 4.74 Å². The van der Waals surface area contributed by atoms with Gasteiger partial charge in [0.2, 0.25) is 0 Å². The lowest BCUT2D eigenvalue weighted by Crippen LogP contribution is -2.12. The first kappa shape index (κ1) is 13.2. The summed E-state index contributed by atoms with van der Waals surface area (Å²) in [4.78, 5) is 7.97. The van der Waals surface area contributed by atoms with Crippen molar-refractivity contribution in [2.24, 2.45) is 0 Å². The summed E-state index contributed by atoms with van der Waals surface area (Å²) in [6.45, 7) is 4.25. The normalized spacial score (nSPS) is 12.4. The molecule has 3 nitrogen and oxygen atoms in total. The van der Waals surface area contributed by atoms with Gasteiger partial charge >= 0.3 is 0 Å². The van der Waals surface area contributed by atoms with Crippen LogP contribution >= 0.6 is 11.6 Å². The number of hydrogen-bond acceptors (Lipinski definition) is 3. The van der Waals surface area contributed by atoms with Gasteiger partial charge in [0.25, 0.3) is 5.88 Å². The van der Waals surface area contributed by atoms with Gasteiger partial charge < -0.3 is 4.74 Å². The quantitative estimate of drug-likeness (QED) is 0.681. The fourth-order valence-electron chi connectivity index (χ4n) is 1.50. The van der Waals surface area contributed by atoms with E-state index in [4.69, 9.17) is 16.3 Å². The minimum absolute atomic E-state index is 0.144. The lowest BCUT2D eigenvalue weighted by Gasteiger charge is -2.13. The molecular formula is C12H19ClN2O. The van der Waals surface area contributed by atoms with Gasteiger partial charge in [-0.15, -0.1) is 0 Å². The highest BCUT2D eigenvalue weighted by molar-refractivity contribution is 6.30. The summed E-state index contributed by atoms with van der Waals surface area (Å²) >= 11 is 5.85. The van der Waals surface area contributed by atoms with Crippen LogP contribution in [0, 0.1) is 0 Å². The first-order valence-corrected chi connectivity index (χ1v) is 6.25. The van der Waals surface area contributed by atoms with Crippen molar-refractivity contribution >= 4 is 11.6 Å². The minimum Gasteiger partial charge on any atom is -0.472 e. The Morgan fingerprint density at radius 1 is 1.25 bits per heavy atom. The number of nitrogens with zero attached hydrogens (tertiary/aromatic N) is 2. The number of halogens is 1. The molecule has 1 aromatic heterocycles. The van der Waals surface area contributed by atoms with Crippen LogP contribution in [0.25, 0.3) is 0 Å². The zero-order chi connectivity index (χ0) is 11.8. The number of aromatic nitrogens is 2. The van der Waals surface area contributed by atoms with Gasteiger partial charge in [0, 0.05) is 12.4 Å². The van der Waals surface area contributed by atoms with E-state index in [1.54, 1.807) is 12.4 Å². The molecule has 0 aliphatic rings. The number of hydrogen-bond donors (Lipinski definition) is 0. The topological polar surface area (TPSA) is 35.0 Å². The van der Waals surface area contributed by atoms with Crippen molar-refractivity contribution in [3.63, 3.8) is 0 Å². The highest BCUT2D eigenvalue weighted by Gasteiger charge is 2.08. The molecule has 0 N–H and O–H groups in total. The van der Waals surface area contributed by atoms with E-state index in [2.05, 4.69) is 16.9 Å². The summed E-state index contributed by atoms with van der Waals surface area (Å²) in [6.07, 6.45) is 9.32. The fourth-order valence-corrected chi connectivity index (χ4v) is 1.65. The number of ether oxygens (including phenoxy) is 1. The van der Waals surface area contributed by atoms with Gasteiger partial charge in [-0.2, -0.15) is 0 Å². The predicted molar refractivity (Wildman–Crippen MR) is 65.9 cm³/mol. The fraction of sp³-hybridized carbons (Fsp3) is 0.667. The molecule has 16 heavy (non-hydrogen) atoms. The largest absolute Gasteiger partial charge is 0.472 e. The third-order valence-electron chi connectivity index (χ3n) is 2.40. The van der Waals surface area contributed by atoms with E-state index in [-0.39, 0.29) is 6.10 Å². The average Bonchev–Trinajstić information content (AvgIpc) is 2.28. The molecule has 0 radical (unpaired) electrons. The molecule has 1 heterocycles. The van der Waals surface area contributed by atoms with Crippen LogP contribution in [0.3, 0.4) is 0 Å². The molecule has 0 aliphatic carbocycles. The summed E-state index contributed by atoms with van der Waals surface area (Å²) in [5.41, 5.74) is 0. The van der Waals surface area contributed by atoms with Crippen LogP contribution in [-0.2, 0) is 0 Å². The summed E-state index contributed by atoms with van der Waals surface area (Å²) in [7, 11) is 0. The van der Waals surface area contributed by atoms with E-state index in [1.165, 1.54) is 25.7 Å². The van der Waals surface area contributed by atoms with Gasteiger partial charge in [-0.05, 0) is 19.8 Å². The van der Waals surface area contributed by atoms with Crippen LogP contribution in [0.2, 0.25) is 5.15 Å². The Hall–Kier alpha value is -0.830. The molecule has 1 aromatic rings. The molecule has 0 aliphatic heterocycles. The Kier molecular flexibility index (Phi) is 6.16. The Morgan fingerprint density at radius 2 is 2.00 bits per heavy atom. The Balaban J connectivity index is 2.28. The van der Waals surface area contributed by atoms with Gasteiger partial charge in [-0.1, -0.05) is 37.8 Å². The smallest absolute Gasteiger partial charge is 0.252 e. The average molecular weight is 243 g/mol. The van der Waals surface area contributed by atoms with Crippen LogP contribution < -0.4 is 4.74 Å². The van der Waals surface area contributed by atoms with Crippen molar-refractivity contribution in [3.8, 4) is 5.88 Å². The van der Waals surface area contributed by atoms with E-state index < -0.39 is 0 Å². The maximum Gasteiger partial charge on any atom is 0.252 e. The molecule has 0 fully saturated rings. The van der Waals surface area contributed by atoms with Gasteiger partial charge in [0.05, 0.1) is 6.10 Å². The van der Waals surface area contributed by atoms with Crippen molar-refractivity contribution in [1.82, 2.24) is 9.97 Å². The van der Waals surface area contributed by atoms with Crippen molar-refractivity contribution in [2.75, 3.05) is 0 Å². The summed E-state index contributed by atoms with van der Waals surface area (Å²) in [5.74, 6) is 0.437. The van der Waals surface area contributed by atoms with Crippen LogP contribution in [0.1, 0.15) is 46.0 Å². The second kappa shape index (κ2) is 7.44. The summed E-state index contributed by atoms with van der Waals surface area (Å²) in [6, 6.07) is 0. The second-order valence-corrected chi connectivity index (χ2v) is 4.29. The van der Waals surface area contributed by atoms with Gasteiger partial charge in [-0.3, -0.25) is 0 Å². The third-order valence-corrected chi connectivity index (χ3v) is 2.66. The van der Waals surface area contributed by atoms with Crippen molar-refractivity contribution in [3.05, 3.63) is 17.5 Å². The van der Waals surface area contributed by atoms with Crippen molar-refractivity contribution in [1.29, 1.82) is 0 Å². The molecule has 1 atom stereocenters. The molecule has 1 unspecified atom stereocenters. The van der Waals surface area contributed by atoms with Crippen LogP contribution in [0.4, 0.5) is 0 Å². The second-order valence-electron chi connectivity index (χ2n) is 3.93. The maximum atomic E-state index is 5.85. The minimum atomic E-state index is 0.144. The molecule has 90 valence electrons. The van der Waals surface area contributed by atoms with E-state index >= 15 is 0 Å². The van der Waals surface area contributed by atoms with E-state index in [1.807, 2.05) is 6.92 Å². The SMILES string of the molecule is CCCCCCC(C)Oc1nccnc1Cl. The number of rotatable bonds is 7. The molecule has 0 saturated carbocycles. The molecule has 0 spiro atoms. The summed E-state index contributed by atoms with van der Waals surface area (Å²) in [5, 5.41) is 0.336. The molecule has 1 rings (SSSR count). The molecule has 4 heteroatoms. The predicted octanol–water partition coefficient (Wildman–Crippen LogP) is 3.87. The number of unbranched alkanes of at least 4 members (excludes halogenated alkanes) is 3. The monoisotopic (exact) mass is 242 g/mol. The standard InChI is InChI=1S/C12H19ClN2O/c1-3-4-5-6-7-10(2)16-12-11(13)14-8-9-15-12/h8-10H,3-7H2,1-2H3. The molecular weight excluding hydrogens is 224 g/mol. The van der Waals surface area contributed by atoms with Gasteiger partial charge in [-0.25, -0.2) is 9.97 Å². The zero-order valence-electron chi connectivity index (χ0n) is 9.95. The highest BCUT2D eigenvalue weighted by atomic mass is 35.5. The Bertz CT molecular complexity index is 307. The third kappa shape index (κ3) is 4.79. The van der Waals surface area contributed by atoms with E-state index in [0.717, 1.165) is 6.42 Å². The first-order valence-electron chi connectivity index (χ1n) is 5.87. The molecule has 0 bridgehead atoms. The van der Waals surface area contributed by atoms with Gasteiger partial charge in [0.1, 0.15) is 0 Å². The van der Waals surface area contributed by atoms with Crippen LogP contribution in [0.5, 0.6) is 5.88 Å². The lowest BCUT2D eigenvalue weighted by molar-refractivity contribution is 0.197. The van der Waals surface area contributed by atoms with Crippen molar-refractivity contribution in [2.45, 2.75) is 52.1 Å². The highest BCUT2D eigenvalue weighted by Crippen LogP contribution is 2.19. The summed E-state index contributed by atoms with van der Waals surface area (Å²) < 4.78 is 5.62. The lowest BCUT2D eigenvalue weighted by atomic mass is 10.1. The van der Waals surface area contributed by atoms with E-state index in [0.29, 0.717) is 11.0 Å². The zero-order valence-corrected chi connectivity index (χ0v) is 10.7. The van der Waals surface area contributed by atoms with Crippen LogP contribution in [0.15, 0.2) is 12.4 Å². The first-order chi connectivity index (χ1) is 7.74. The maximum absolute atomic E-state index is 5.85. The van der Waals surface area contributed by atoms with E-state index in [9.17, 15) is 0 Å². The van der Waals surface area contributed by atoms with Gasteiger partial charge in [0.15, 0.2) is 5.15 Å².